The molecule has 1 aliphatic rings. The molecule has 0 bridgehead atoms. The molecule has 1 fully saturated rings. The van der Waals surface area contributed by atoms with Crippen LogP contribution in [0, 0.1) is 0 Å². The number of alkyl halides is 3. The summed E-state index contributed by atoms with van der Waals surface area (Å²) in [7, 11) is -4.74. The molecule has 0 radical (unpaired) electrons. The lowest BCUT2D eigenvalue weighted by atomic mass is 9.98. The number of sulfonamides is 1. The van der Waals surface area contributed by atoms with Crippen molar-refractivity contribution in [1.82, 2.24) is 31.3 Å². The molecule has 14 heteroatoms. The Labute approximate surface area is 160 Å². The van der Waals surface area contributed by atoms with Crippen LogP contribution in [0.1, 0.15) is 17.3 Å². The van der Waals surface area contributed by atoms with Crippen LogP contribution in [-0.4, -0.2) is 17.8 Å². The van der Waals surface area contributed by atoms with Gasteiger partial charge in [-0.15, -0.1) is 0 Å². The Morgan fingerprint density at radius 2 is 1.86 bits per heavy atom. The average Bonchev–Trinajstić information content (AvgIpc) is 3.28. The van der Waals surface area contributed by atoms with Crippen molar-refractivity contribution >= 4 is 32.6 Å². The maximum Gasteiger partial charge on any atom is 0.417 e. The number of aromatic nitrogens is 2. The first-order chi connectivity index (χ1) is 13.2. The molecule has 6 N–H and O–H groups in total. The van der Waals surface area contributed by atoms with Gasteiger partial charge < -0.3 is 0 Å². The summed E-state index contributed by atoms with van der Waals surface area (Å²) in [6.45, 7) is 0. The first-order valence-corrected chi connectivity index (χ1v) is 9.98. The fourth-order valence-corrected chi connectivity index (χ4v) is 4.87. The maximum absolute atomic E-state index is 13.6. The molecule has 2 aromatic heterocycles. The SMILES string of the molecule is NS(=O)(=O)c1c(C(F)(F)F)ccc(-c2snc3ncccc23)c1C1NNNN1. The number of primary sulfonamides is 1. The van der Waals surface area contributed by atoms with Gasteiger partial charge in [0.2, 0.25) is 10.0 Å². The van der Waals surface area contributed by atoms with Crippen LogP contribution in [-0.2, 0) is 16.2 Å². The largest absolute Gasteiger partial charge is 0.417 e. The smallest absolute Gasteiger partial charge is 0.236 e. The summed E-state index contributed by atoms with van der Waals surface area (Å²) in [5.74, 6) is 0. The first kappa shape index (κ1) is 19.1. The number of pyridine rings is 1. The van der Waals surface area contributed by atoms with Crippen LogP contribution in [0.15, 0.2) is 35.4 Å². The minimum absolute atomic E-state index is 0.191. The number of benzene rings is 1. The van der Waals surface area contributed by atoms with Gasteiger partial charge in [0, 0.05) is 22.7 Å². The molecule has 1 aromatic carbocycles. The third-order valence-electron chi connectivity index (χ3n) is 4.07. The quantitative estimate of drug-likeness (QED) is 0.417. The zero-order valence-electron chi connectivity index (χ0n) is 13.7. The highest BCUT2D eigenvalue weighted by molar-refractivity contribution is 7.89. The molecule has 4 rings (SSSR count). The van der Waals surface area contributed by atoms with Gasteiger partial charge in [-0.2, -0.15) is 28.6 Å². The summed E-state index contributed by atoms with van der Waals surface area (Å²) < 4.78 is 69.3. The van der Waals surface area contributed by atoms with Crippen molar-refractivity contribution in [2.45, 2.75) is 17.2 Å². The number of nitrogens with one attached hydrogen (secondary N) is 4. The van der Waals surface area contributed by atoms with Gasteiger partial charge in [0.05, 0.1) is 10.4 Å². The Kier molecular flexibility index (Phi) is 4.58. The topological polar surface area (TPSA) is 134 Å². The summed E-state index contributed by atoms with van der Waals surface area (Å²) in [5, 5.41) is 5.79. The van der Waals surface area contributed by atoms with E-state index in [9.17, 15) is 21.6 Å². The lowest BCUT2D eigenvalue weighted by Crippen LogP contribution is -2.33. The highest BCUT2D eigenvalue weighted by Gasteiger charge is 2.41. The fourth-order valence-electron chi connectivity index (χ4n) is 2.99. The van der Waals surface area contributed by atoms with Gasteiger partial charge >= 0.3 is 6.18 Å². The monoisotopic (exact) mass is 431 g/mol. The Morgan fingerprint density at radius 3 is 2.50 bits per heavy atom. The molecular weight excluding hydrogens is 419 g/mol. The van der Waals surface area contributed by atoms with Crippen LogP contribution >= 0.6 is 11.5 Å². The van der Waals surface area contributed by atoms with Crippen LogP contribution in [0.2, 0.25) is 0 Å². The van der Waals surface area contributed by atoms with E-state index >= 15 is 0 Å². The van der Waals surface area contributed by atoms with Crippen molar-refractivity contribution in [3.05, 3.63) is 41.6 Å². The minimum atomic E-state index is -4.92. The van der Waals surface area contributed by atoms with Crippen molar-refractivity contribution in [3.63, 3.8) is 0 Å². The molecule has 3 aromatic rings. The number of hydrogen-bond donors (Lipinski definition) is 5. The van der Waals surface area contributed by atoms with Crippen molar-refractivity contribution in [2.75, 3.05) is 0 Å². The number of fused-ring (bicyclic) bond motifs is 1. The van der Waals surface area contributed by atoms with E-state index < -0.39 is 32.8 Å². The fraction of sp³-hybridized carbons (Fsp3) is 0.143. The number of nitrogens with zero attached hydrogens (tertiary/aromatic N) is 2. The Morgan fingerprint density at radius 1 is 1.14 bits per heavy atom. The van der Waals surface area contributed by atoms with E-state index in [-0.39, 0.29) is 11.1 Å². The van der Waals surface area contributed by atoms with E-state index in [0.717, 1.165) is 11.5 Å². The molecule has 0 aliphatic carbocycles. The highest BCUT2D eigenvalue weighted by Crippen LogP contribution is 2.43. The zero-order valence-corrected chi connectivity index (χ0v) is 15.3. The summed E-state index contributed by atoms with van der Waals surface area (Å²) in [6.07, 6.45) is -4.42. The standard InChI is InChI=1S/C14H12F3N7O2S2/c15-14(16,17)8-4-3-6(10-7-2-1-5-19-12(7)22-27-10)9(11(8)28(18,25)26)13-20-23-24-21-13/h1-5,13,20-21,23-24H,(H2,18,25,26). The molecule has 9 nitrogen and oxygen atoms in total. The summed E-state index contributed by atoms with van der Waals surface area (Å²) in [4.78, 5) is 3.55. The third kappa shape index (κ3) is 3.24. The Bertz CT molecular complexity index is 1160. The van der Waals surface area contributed by atoms with Crippen molar-refractivity contribution in [1.29, 1.82) is 0 Å². The zero-order chi connectivity index (χ0) is 20.1. The summed E-state index contributed by atoms with van der Waals surface area (Å²) in [5.41, 5.74) is 9.26. The Hall–Kier alpha value is -2.20. The molecule has 3 heterocycles. The van der Waals surface area contributed by atoms with Crippen molar-refractivity contribution in [2.24, 2.45) is 5.14 Å². The number of halogens is 3. The third-order valence-corrected chi connectivity index (χ3v) is 5.97. The molecule has 0 unspecified atom stereocenters. The lowest BCUT2D eigenvalue weighted by molar-refractivity contribution is -0.140. The van der Waals surface area contributed by atoms with Crippen LogP contribution in [0.5, 0.6) is 0 Å². The van der Waals surface area contributed by atoms with Crippen molar-refractivity contribution in [3.8, 4) is 10.4 Å². The lowest BCUT2D eigenvalue weighted by Gasteiger charge is -2.21. The van der Waals surface area contributed by atoms with E-state index in [0.29, 0.717) is 22.0 Å². The number of hydrogen-bond acceptors (Lipinski definition) is 9. The summed E-state index contributed by atoms with van der Waals surface area (Å²) >= 11 is 0.996. The van der Waals surface area contributed by atoms with Crippen LogP contribution in [0.3, 0.4) is 0 Å². The summed E-state index contributed by atoms with van der Waals surface area (Å²) in [6, 6.07) is 5.26. The van der Waals surface area contributed by atoms with Crippen molar-refractivity contribution < 1.29 is 21.6 Å². The average molecular weight is 431 g/mol. The highest BCUT2D eigenvalue weighted by atomic mass is 32.2. The normalized spacial score (nSPS) is 16.1. The molecule has 1 aliphatic heterocycles. The van der Waals surface area contributed by atoms with E-state index in [1.54, 1.807) is 12.1 Å². The van der Waals surface area contributed by atoms with E-state index in [1.807, 2.05) is 0 Å². The molecular formula is C14H12F3N7O2S2. The van der Waals surface area contributed by atoms with Crippen LogP contribution in [0.4, 0.5) is 13.2 Å². The van der Waals surface area contributed by atoms with Gasteiger partial charge in [0.15, 0.2) is 5.65 Å². The van der Waals surface area contributed by atoms with Crippen LogP contribution in [0.25, 0.3) is 21.5 Å². The molecule has 0 amide bonds. The molecule has 0 saturated carbocycles. The molecule has 0 atom stereocenters. The van der Waals surface area contributed by atoms with Gasteiger partial charge in [-0.1, -0.05) is 6.07 Å². The molecule has 28 heavy (non-hydrogen) atoms. The second-order valence-corrected chi connectivity index (χ2v) is 8.08. The minimum Gasteiger partial charge on any atom is -0.236 e. The van der Waals surface area contributed by atoms with E-state index in [1.165, 1.54) is 12.3 Å². The second kappa shape index (κ2) is 6.70. The molecule has 1 saturated heterocycles. The van der Waals surface area contributed by atoms with Gasteiger partial charge in [0.1, 0.15) is 11.1 Å². The molecule has 0 spiro atoms. The van der Waals surface area contributed by atoms with Gasteiger partial charge in [-0.3, -0.25) is 0 Å². The number of hydrazine groups is 3. The first-order valence-electron chi connectivity index (χ1n) is 7.66. The number of rotatable bonds is 3. The predicted octanol–water partition coefficient (Wildman–Crippen LogP) is 1.14. The molecule has 148 valence electrons. The van der Waals surface area contributed by atoms with Crippen LogP contribution < -0.4 is 27.1 Å². The van der Waals surface area contributed by atoms with E-state index in [4.69, 9.17) is 5.14 Å². The number of nitrogens with two attached hydrogens (primary N) is 1. The predicted molar refractivity (Wildman–Crippen MR) is 94.5 cm³/mol. The van der Waals surface area contributed by atoms with Gasteiger partial charge in [0.25, 0.3) is 0 Å². The Balaban J connectivity index is 2.10. The maximum atomic E-state index is 13.6. The second-order valence-electron chi connectivity index (χ2n) is 5.80. The van der Waals surface area contributed by atoms with Gasteiger partial charge in [-0.25, -0.2) is 29.4 Å². The van der Waals surface area contributed by atoms with Gasteiger partial charge in [-0.05, 0) is 29.7 Å². The van der Waals surface area contributed by atoms with E-state index in [2.05, 4.69) is 31.3 Å².